The number of hydrogen-bond donors (Lipinski definition) is 1. The molecule has 8 heteroatoms. The molecule has 156 valence electrons. The van der Waals surface area contributed by atoms with E-state index in [0.717, 1.165) is 21.7 Å². The van der Waals surface area contributed by atoms with Crippen LogP contribution in [0.1, 0.15) is 35.3 Å². The van der Waals surface area contributed by atoms with Crippen LogP contribution in [-0.2, 0) is 19.6 Å². The Bertz CT molecular complexity index is 997. The van der Waals surface area contributed by atoms with E-state index in [2.05, 4.69) is 5.32 Å². The van der Waals surface area contributed by atoms with E-state index in [0.29, 0.717) is 16.9 Å². The maximum atomic E-state index is 12.8. The molecule has 0 unspecified atom stereocenters. The van der Waals surface area contributed by atoms with E-state index in [1.807, 2.05) is 19.9 Å². The predicted molar refractivity (Wildman–Crippen MR) is 114 cm³/mol. The van der Waals surface area contributed by atoms with Crippen LogP contribution in [0.4, 0.5) is 11.4 Å². The number of nitrogens with zero attached hydrogens (tertiary/aromatic N) is 1. The summed E-state index contributed by atoms with van der Waals surface area (Å²) in [5.41, 5.74) is 2.88. The SMILES string of the molecule is CCOC(=O)c1cccc(NC(=O)[C@@H](C)N(c2cc(C)cc(C)c2)S(C)(=O)=O)c1. The van der Waals surface area contributed by atoms with Crippen molar-refractivity contribution in [3.05, 3.63) is 59.2 Å². The van der Waals surface area contributed by atoms with Gasteiger partial charge in [0.05, 0.1) is 24.1 Å². The Morgan fingerprint density at radius 3 is 2.28 bits per heavy atom. The van der Waals surface area contributed by atoms with Crippen molar-refractivity contribution in [2.75, 3.05) is 22.5 Å². The molecule has 7 nitrogen and oxygen atoms in total. The van der Waals surface area contributed by atoms with Gasteiger partial charge < -0.3 is 10.1 Å². The first-order valence-electron chi connectivity index (χ1n) is 9.18. The fourth-order valence-corrected chi connectivity index (χ4v) is 4.23. The van der Waals surface area contributed by atoms with Gasteiger partial charge in [0.1, 0.15) is 6.04 Å². The third-order valence-electron chi connectivity index (χ3n) is 4.19. The molecule has 0 bridgehead atoms. The van der Waals surface area contributed by atoms with Crippen LogP contribution in [0, 0.1) is 13.8 Å². The van der Waals surface area contributed by atoms with Gasteiger partial charge in [0.2, 0.25) is 15.9 Å². The summed E-state index contributed by atoms with van der Waals surface area (Å²) in [6, 6.07) is 10.7. The van der Waals surface area contributed by atoms with Crippen molar-refractivity contribution in [2.45, 2.75) is 33.7 Å². The zero-order valence-corrected chi connectivity index (χ0v) is 18.0. The summed E-state index contributed by atoms with van der Waals surface area (Å²) in [5.74, 6) is -1.01. The number of rotatable bonds is 7. The molecule has 1 amide bonds. The molecule has 0 heterocycles. The summed E-state index contributed by atoms with van der Waals surface area (Å²) >= 11 is 0. The Morgan fingerprint density at radius 1 is 1.10 bits per heavy atom. The molecule has 0 spiro atoms. The zero-order chi connectivity index (χ0) is 21.8. The third-order valence-corrected chi connectivity index (χ3v) is 5.43. The van der Waals surface area contributed by atoms with Gasteiger partial charge in [0.25, 0.3) is 0 Å². The highest BCUT2D eigenvalue weighted by molar-refractivity contribution is 7.92. The molecule has 2 aromatic carbocycles. The molecule has 0 saturated heterocycles. The van der Waals surface area contributed by atoms with E-state index in [1.165, 1.54) is 13.0 Å². The summed E-state index contributed by atoms with van der Waals surface area (Å²) in [6.07, 6.45) is 1.07. The van der Waals surface area contributed by atoms with Gasteiger partial charge in [-0.25, -0.2) is 13.2 Å². The quantitative estimate of drug-likeness (QED) is 0.697. The van der Waals surface area contributed by atoms with Crippen LogP contribution in [0.2, 0.25) is 0 Å². The molecular weight excluding hydrogens is 392 g/mol. The Balaban J connectivity index is 2.31. The van der Waals surface area contributed by atoms with E-state index in [4.69, 9.17) is 4.74 Å². The minimum Gasteiger partial charge on any atom is -0.462 e. The van der Waals surface area contributed by atoms with Crippen molar-refractivity contribution in [1.82, 2.24) is 0 Å². The van der Waals surface area contributed by atoms with Crippen LogP contribution < -0.4 is 9.62 Å². The topological polar surface area (TPSA) is 92.8 Å². The normalized spacial score (nSPS) is 12.2. The van der Waals surface area contributed by atoms with E-state index < -0.39 is 27.9 Å². The van der Waals surface area contributed by atoms with Gasteiger partial charge in [0, 0.05) is 5.69 Å². The lowest BCUT2D eigenvalue weighted by Crippen LogP contribution is -2.45. The first-order valence-corrected chi connectivity index (χ1v) is 11.0. The van der Waals surface area contributed by atoms with Crippen molar-refractivity contribution in [2.24, 2.45) is 0 Å². The maximum Gasteiger partial charge on any atom is 0.338 e. The number of esters is 1. The number of nitrogens with one attached hydrogen (secondary N) is 1. The van der Waals surface area contributed by atoms with Gasteiger partial charge in [-0.3, -0.25) is 9.10 Å². The van der Waals surface area contributed by atoms with Gasteiger partial charge >= 0.3 is 5.97 Å². The molecule has 0 saturated carbocycles. The van der Waals surface area contributed by atoms with Crippen LogP contribution in [0.15, 0.2) is 42.5 Å². The Kier molecular flexibility index (Phi) is 7.02. The number of carbonyl (C=O) groups is 2. The van der Waals surface area contributed by atoms with Crippen LogP contribution in [-0.4, -0.2) is 39.2 Å². The molecular formula is C21H26N2O5S. The van der Waals surface area contributed by atoms with Gasteiger partial charge in [-0.1, -0.05) is 12.1 Å². The number of anilines is 2. The summed E-state index contributed by atoms with van der Waals surface area (Å²) in [5, 5.41) is 2.68. The van der Waals surface area contributed by atoms with Crippen molar-refractivity contribution in [3.8, 4) is 0 Å². The number of benzene rings is 2. The molecule has 2 rings (SSSR count). The molecule has 0 aliphatic carbocycles. The molecule has 0 aliphatic heterocycles. The van der Waals surface area contributed by atoms with Crippen LogP contribution in [0.5, 0.6) is 0 Å². The number of carbonyl (C=O) groups excluding carboxylic acids is 2. The second-order valence-corrected chi connectivity index (χ2v) is 8.73. The van der Waals surface area contributed by atoms with Crippen LogP contribution in [0.3, 0.4) is 0 Å². The van der Waals surface area contributed by atoms with Crippen molar-refractivity contribution < 1.29 is 22.7 Å². The van der Waals surface area contributed by atoms with Gasteiger partial charge in [0.15, 0.2) is 0 Å². The Labute approximate surface area is 171 Å². The van der Waals surface area contributed by atoms with Gasteiger partial charge in [-0.05, 0) is 69.2 Å². The monoisotopic (exact) mass is 418 g/mol. The molecule has 1 atom stereocenters. The first kappa shape index (κ1) is 22.4. The molecule has 0 fully saturated rings. The molecule has 1 N–H and O–H groups in total. The van der Waals surface area contributed by atoms with Crippen LogP contribution in [0.25, 0.3) is 0 Å². The number of aryl methyl sites for hydroxylation is 2. The Morgan fingerprint density at radius 2 is 1.72 bits per heavy atom. The molecule has 0 aliphatic rings. The predicted octanol–water partition coefficient (Wildman–Crippen LogP) is 3.27. The Hall–Kier alpha value is -2.87. The number of hydrogen-bond acceptors (Lipinski definition) is 5. The summed E-state index contributed by atoms with van der Waals surface area (Å²) in [6.45, 7) is 7.19. The smallest absolute Gasteiger partial charge is 0.338 e. The lowest BCUT2D eigenvalue weighted by atomic mass is 10.1. The number of ether oxygens (including phenoxy) is 1. The standard InChI is InChI=1S/C21H26N2O5S/c1-6-28-21(25)17-8-7-9-18(13-17)22-20(24)16(4)23(29(5,26)27)19-11-14(2)10-15(3)12-19/h7-13,16H,6H2,1-5H3,(H,22,24)/t16-/m1/s1. The maximum absolute atomic E-state index is 12.8. The summed E-state index contributed by atoms with van der Waals surface area (Å²) in [4.78, 5) is 24.7. The van der Waals surface area contributed by atoms with Crippen molar-refractivity contribution in [1.29, 1.82) is 0 Å². The average Bonchev–Trinajstić information content (AvgIpc) is 2.60. The second-order valence-electron chi connectivity index (χ2n) is 6.87. The van der Waals surface area contributed by atoms with E-state index in [1.54, 1.807) is 37.3 Å². The highest BCUT2D eigenvalue weighted by atomic mass is 32.2. The van der Waals surface area contributed by atoms with Crippen molar-refractivity contribution >= 4 is 33.3 Å². The van der Waals surface area contributed by atoms with Gasteiger partial charge in [-0.15, -0.1) is 0 Å². The van der Waals surface area contributed by atoms with Crippen LogP contribution >= 0.6 is 0 Å². The third kappa shape index (κ3) is 5.80. The molecule has 2 aromatic rings. The number of amides is 1. The lowest BCUT2D eigenvalue weighted by molar-refractivity contribution is -0.116. The van der Waals surface area contributed by atoms with E-state index in [-0.39, 0.29) is 6.61 Å². The van der Waals surface area contributed by atoms with Crippen molar-refractivity contribution in [3.63, 3.8) is 0 Å². The minimum atomic E-state index is -3.72. The van der Waals surface area contributed by atoms with E-state index in [9.17, 15) is 18.0 Å². The summed E-state index contributed by atoms with van der Waals surface area (Å²) < 4.78 is 31.0. The zero-order valence-electron chi connectivity index (χ0n) is 17.2. The summed E-state index contributed by atoms with van der Waals surface area (Å²) in [7, 11) is -3.72. The highest BCUT2D eigenvalue weighted by Crippen LogP contribution is 2.24. The number of sulfonamides is 1. The molecule has 0 radical (unpaired) electrons. The van der Waals surface area contributed by atoms with E-state index >= 15 is 0 Å². The molecule has 0 aromatic heterocycles. The minimum absolute atomic E-state index is 0.242. The lowest BCUT2D eigenvalue weighted by Gasteiger charge is -2.28. The fourth-order valence-electron chi connectivity index (χ4n) is 3.07. The van der Waals surface area contributed by atoms with Gasteiger partial charge in [-0.2, -0.15) is 0 Å². The second kappa shape index (κ2) is 9.09. The largest absolute Gasteiger partial charge is 0.462 e. The first-order chi connectivity index (χ1) is 13.5. The highest BCUT2D eigenvalue weighted by Gasteiger charge is 2.29. The molecule has 29 heavy (non-hydrogen) atoms. The average molecular weight is 419 g/mol. The fraction of sp³-hybridized carbons (Fsp3) is 0.333.